The van der Waals surface area contributed by atoms with Crippen molar-refractivity contribution in [2.75, 3.05) is 5.73 Å². The van der Waals surface area contributed by atoms with Gasteiger partial charge in [0.15, 0.2) is 17.5 Å². The minimum absolute atomic E-state index is 0.125. The molecule has 1 heterocycles. The summed E-state index contributed by atoms with van der Waals surface area (Å²) in [5, 5.41) is 4.35. The van der Waals surface area contributed by atoms with Gasteiger partial charge < -0.3 is 5.73 Å². The molecule has 3 nitrogen and oxygen atoms in total. The molecule has 0 saturated heterocycles. The van der Waals surface area contributed by atoms with Crippen molar-refractivity contribution in [2.24, 2.45) is 0 Å². The Hall–Kier alpha value is -1.98. The number of benzene rings is 1. The zero-order valence-electron chi connectivity index (χ0n) is 11.5. The van der Waals surface area contributed by atoms with Crippen molar-refractivity contribution in [3.63, 3.8) is 0 Å². The molecule has 0 aliphatic heterocycles. The maximum Gasteiger partial charge on any atom is 0.194 e. The third kappa shape index (κ3) is 2.62. The summed E-state index contributed by atoms with van der Waals surface area (Å²) in [5.41, 5.74) is 7.37. The molecule has 1 aliphatic carbocycles. The standard InChI is InChI=1S/C15H16F3N3/c16-11-6-10(7-12(17)14(11)18)21-8-13(19)15(20-21)9-4-2-1-3-5-9/h6-9H,1-5,19H2. The van der Waals surface area contributed by atoms with Gasteiger partial charge in [-0.25, -0.2) is 17.9 Å². The summed E-state index contributed by atoms with van der Waals surface area (Å²) in [7, 11) is 0. The summed E-state index contributed by atoms with van der Waals surface area (Å²) < 4.78 is 40.9. The van der Waals surface area contributed by atoms with Crippen molar-refractivity contribution in [1.29, 1.82) is 0 Å². The molecule has 0 atom stereocenters. The SMILES string of the molecule is Nc1cn(-c2cc(F)c(F)c(F)c2)nc1C1CCCCC1. The predicted molar refractivity (Wildman–Crippen MR) is 73.7 cm³/mol. The summed E-state index contributed by atoms with van der Waals surface area (Å²) in [5.74, 6) is -3.67. The van der Waals surface area contributed by atoms with Crippen LogP contribution in [0.2, 0.25) is 0 Å². The molecule has 1 saturated carbocycles. The number of aromatic nitrogens is 2. The Morgan fingerprint density at radius 3 is 2.29 bits per heavy atom. The van der Waals surface area contributed by atoms with Gasteiger partial charge in [0.2, 0.25) is 0 Å². The van der Waals surface area contributed by atoms with E-state index < -0.39 is 17.5 Å². The van der Waals surface area contributed by atoms with E-state index in [4.69, 9.17) is 5.73 Å². The second-order valence-electron chi connectivity index (χ2n) is 5.47. The van der Waals surface area contributed by atoms with Crippen molar-refractivity contribution >= 4 is 5.69 Å². The largest absolute Gasteiger partial charge is 0.396 e. The lowest BCUT2D eigenvalue weighted by Crippen LogP contribution is -2.08. The fraction of sp³-hybridized carbons (Fsp3) is 0.400. The van der Waals surface area contributed by atoms with Gasteiger partial charge >= 0.3 is 0 Å². The van der Waals surface area contributed by atoms with Crippen LogP contribution in [0.15, 0.2) is 18.3 Å². The lowest BCUT2D eigenvalue weighted by atomic mass is 9.86. The van der Waals surface area contributed by atoms with Gasteiger partial charge in [-0.05, 0) is 12.8 Å². The molecule has 21 heavy (non-hydrogen) atoms. The predicted octanol–water partition coefficient (Wildman–Crippen LogP) is 3.92. The Balaban J connectivity index is 1.96. The topological polar surface area (TPSA) is 43.8 Å². The number of halogens is 3. The van der Waals surface area contributed by atoms with E-state index in [2.05, 4.69) is 5.10 Å². The number of nitrogens with zero attached hydrogens (tertiary/aromatic N) is 2. The van der Waals surface area contributed by atoms with Crippen LogP contribution in [-0.4, -0.2) is 9.78 Å². The first-order valence-electron chi connectivity index (χ1n) is 7.06. The zero-order valence-corrected chi connectivity index (χ0v) is 11.5. The van der Waals surface area contributed by atoms with E-state index in [9.17, 15) is 13.2 Å². The molecule has 3 rings (SSSR count). The first kappa shape index (κ1) is 14.0. The van der Waals surface area contributed by atoms with E-state index in [0.717, 1.165) is 43.5 Å². The molecule has 0 amide bonds. The van der Waals surface area contributed by atoms with E-state index in [0.29, 0.717) is 5.69 Å². The van der Waals surface area contributed by atoms with Gasteiger partial charge in [-0.1, -0.05) is 19.3 Å². The van der Waals surface area contributed by atoms with Crippen molar-refractivity contribution in [2.45, 2.75) is 38.0 Å². The number of nitrogen functional groups attached to an aromatic ring is 1. The summed E-state index contributed by atoms with van der Waals surface area (Å²) in [4.78, 5) is 0. The smallest absolute Gasteiger partial charge is 0.194 e. The van der Waals surface area contributed by atoms with Crippen LogP contribution in [0.3, 0.4) is 0 Å². The average Bonchev–Trinajstić information content (AvgIpc) is 2.87. The minimum atomic E-state index is -1.48. The van der Waals surface area contributed by atoms with Gasteiger partial charge in [-0.2, -0.15) is 5.10 Å². The van der Waals surface area contributed by atoms with Crippen molar-refractivity contribution in [3.05, 3.63) is 41.5 Å². The maximum atomic E-state index is 13.3. The number of hydrogen-bond donors (Lipinski definition) is 1. The molecule has 1 aromatic heterocycles. The third-order valence-corrected chi connectivity index (χ3v) is 4.00. The molecule has 0 radical (unpaired) electrons. The quantitative estimate of drug-likeness (QED) is 0.853. The molecule has 0 spiro atoms. The normalized spacial score (nSPS) is 16.3. The van der Waals surface area contributed by atoms with Crippen LogP contribution >= 0.6 is 0 Å². The lowest BCUT2D eigenvalue weighted by molar-refractivity contribution is 0.434. The molecular formula is C15H16F3N3. The summed E-state index contributed by atoms with van der Waals surface area (Å²) in [6.07, 6.45) is 7.05. The molecule has 0 bridgehead atoms. The second-order valence-corrected chi connectivity index (χ2v) is 5.47. The lowest BCUT2D eigenvalue weighted by Gasteiger charge is -2.20. The Bertz CT molecular complexity index is 637. The number of nitrogens with two attached hydrogens (primary N) is 1. The highest BCUT2D eigenvalue weighted by Gasteiger charge is 2.22. The Morgan fingerprint density at radius 2 is 1.67 bits per heavy atom. The molecule has 2 aromatic rings. The number of hydrogen-bond acceptors (Lipinski definition) is 2. The maximum absolute atomic E-state index is 13.3. The fourth-order valence-corrected chi connectivity index (χ4v) is 2.90. The van der Waals surface area contributed by atoms with Crippen LogP contribution in [0.5, 0.6) is 0 Å². The van der Waals surface area contributed by atoms with E-state index in [1.54, 1.807) is 0 Å². The van der Waals surface area contributed by atoms with Crippen molar-refractivity contribution in [3.8, 4) is 5.69 Å². The Kier molecular flexibility index (Phi) is 3.61. The second kappa shape index (κ2) is 5.42. The Morgan fingerprint density at radius 1 is 1.05 bits per heavy atom. The first-order valence-corrected chi connectivity index (χ1v) is 7.06. The van der Waals surface area contributed by atoms with E-state index in [-0.39, 0.29) is 11.6 Å². The average molecular weight is 295 g/mol. The van der Waals surface area contributed by atoms with E-state index in [1.165, 1.54) is 17.3 Å². The molecule has 1 aromatic carbocycles. The van der Waals surface area contributed by atoms with Crippen molar-refractivity contribution in [1.82, 2.24) is 9.78 Å². The monoisotopic (exact) mass is 295 g/mol. The van der Waals surface area contributed by atoms with Crippen LogP contribution < -0.4 is 5.73 Å². The Labute approximate surface area is 120 Å². The molecule has 0 unspecified atom stereocenters. The summed E-state index contributed by atoms with van der Waals surface area (Å²) in [6.45, 7) is 0. The third-order valence-electron chi connectivity index (χ3n) is 4.00. The van der Waals surface area contributed by atoms with Crippen LogP contribution in [0.4, 0.5) is 18.9 Å². The van der Waals surface area contributed by atoms with Crippen LogP contribution in [0.1, 0.15) is 43.7 Å². The zero-order chi connectivity index (χ0) is 15.0. The van der Waals surface area contributed by atoms with E-state index >= 15 is 0 Å². The molecule has 1 fully saturated rings. The molecule has 6 heteroatoms. The van der Waals surface area contributed by atoms with Gasteiger partial charge in [0.05, 0.1) is 23.3 Å². The molecule has 112 valence electrons. The molecular weight excluding hydrogens is 279 g/mol. The van der Waals surface area contributed by atoms with Gasteiger partial charge in [-0.15, -0.1) is 0 Å². The van der Waals surface area contributed by atoms with Crippen LogP contribution in [0, 0.1) is 17.5 Å². The van der Waals surface area contributed by atoms with Crippen molar-refractivity contribution < 1.29 is 13.2 Å². The fourth-order valence-electron chi connectivity index (χ4n) is 2.90. The van der Waals surface area contributed by atoms with Gasteiger partial charge in [0.1, 0.15) is 0 Å². The summed E-state index contributed by atoms with van der Waals surface area (Å²) in [6, 6.07) is 1.82. The van der Waals surface area contributed by atoms with Gasteiger partial charge in [0, 0.05) is 18.1 Å². The highest BCUT2D eigenvalue weighted by molar-refractivity contribution is 5.46. The highest BCUT2D eigenvalue weighted by atomic mass is 19.2. The first-order chi connectivity index (χ1) is 10.1. The highest BCUT2D eigenvalue weighted by Crippen LogP contribution is 2.35. The van der Waals surface area contributed by atoms with Crippen LogP contribution in [-0.2, 0) is 0 Å². The van der Waals surface area contributed by atoms with E-state index in [1.807, 2.05) is 0 Å². The molecule has 2 N–H and O–H groups in total. The molecule has 1 aliphatic rings. The van der Waals surface area contributed by atoms with Gasteiger partial charge in [0.25, 0.3) is 0 Å². The van der Waals surface area contributed by atoms with Crippen LogP contribution in [0.25, 0.3) is 5.69 Å². The number of rotatable bonds is 2. The number of anilines is 1. The van der Waals surface area contributed by atoms with Gasteiger partial charge in [-0.3, -0.25) is 0 Å². The minimum Gasteiger partial charge on any atom is -0.396 e. The summed E-state index contributed by atoms with van der Waals surface area (Å²) >= 11 is 0.